The number of aliphatic hydroxyl groups is 2. The maximum Gasteiger partial charge on any atom is 0.341 e. The van der Waals surface area contributed by atoms with Gasteiger partial charge in [0.1, 0.15) is 12.8 Å². The highest BCUT2D eigenvalue weighted by Crippen LogP contribution is 2.70. The maximum atomic E-state index is 15.8. The topological polar surface area (TPSA) is 96.3 Å². The Morgan fingerprint density at radius 2 is 2.00 bits per heavy atom. The van der Waals surface area contributed by atoms with Crippen molar-refractivity contribution in [2.75, 3.05) is 19.8 Å². The predicted molar refractivity (Wildman–Crippen MR) is 141 cm³/mol. The molecule has 210 valence electrons. The first-order valence-electron chi connectivity index (χ1n) is 13.8. The Morgan fingerprint density at radius 1 is 1.26 bits per heavy atom. The number of fused-ring (bicyclic) bond motifs is 7. The molecule has 6 unspecified atom stereocenters. The van der Waals surface area contributed by atoms with Gasteiger partial charge in [0.25, 0.3) is 0 Å². The molecular formula is C30H35ClFNO6. The van der Waals surface area contributed by atoms with Crippen molar-refractivity contribution in [3.63, 3.8) is 0 Å². The second-order valence-corrected chi connectivity index (χ2v) is 12.8. The summed E-state index contributed by atoms with van der Waals surface area (Å²) in [6.07, 6.45) is 3.59. The number of aliphatic hydroxyl groups excluding tert-OH is 2. The minimum Gasteiger partial charge on any atom is -0.461 e. The summed E-state index contributed by atoms with van der Waals surface area (Å²) in [5.74, 6) is -1.60. The zero-order chi connectivity index (χ0) is 27.7. The number of nitrogens with zero attached hydrogens (tertiary/aromatic N) is 1. The second kappa shape index (κ2) is 9.48. The van der Waals surface area contributed by atoms with Crippen LogP contribution in [0.4, 0.5) is 4.39 Å². The van der Waals surface area contributed by atoms with E-state index in [1.54, 1.807) is 23.3 Å². The number of esters is 1. The van der Waals surface area contributed by atoms with Crippen LogP contribution in [0.3, 0.4) is 0 Å². The molecule has 6 rings (SSSR count). The number of halogens is 2. The van der Waals surface area contributed by atoms with Gasteiger partial charge in [0.15, 0.2) is 11.4 Å². The number of carbonyl (C=O) groups excluding carboxylic acids is 2. The van der Waals surface area contributed by atoms with Crippen molar-refractivity contribution >= 4 is 23.4 Å². The van der Waals surface area contributed by atoms with Crippen molar-refractivity contribution < 1.29 is 33.8 Å². The lowest BCUT2D eigenvalue weighted by molar-refractivity contribution is -0.265. The Balaban J connectivity index is 1.36. The molecule has 0 spiro atoms. The van der Waals surface area contributed by atoms with E-state index in [4.69, 9.17) is 21.2 Å². The number of alkyl halides is 1. The lowest BCUT2D eigenvalue weighted by Crippen LogP contribution is -2.63. The molecule has 39 heavy (non-hydrogen) atoms. The summed E-state index contributed by atoms with van der Waals surface area (Å²) >= 11 is 6.05. The van der Waals surface area contributed by atoms with E-state index < -0.39 is 34.7 Å². The van der Waals surface area contributed by atoms with Crippen molar-refractivity contribution in [1.29, 1.82) is 0 Å². The van der Waals surface area contributed by atoms with Gasteiger partial charge in [-0.25, -0.2) is 9.18 Å². The van der Waals surface area contributed by atoms with Gasteiger partial charge >= 0.3 is 5.97 Å². The molecule has 1 heterocycles. The average Bonchev–Trinajstić information content (AvgIpc) is 3.37. The molecule has 0 aromatic heterocycles. The molecule has 1 aromatic carbocycles. The van der Waals surface area contributed by atoms with Gasteiger partial charge < -0.3 is 14.9 Å². The van der Waals surface area contributed by atoms with E-state index in [1.165, 1.54) is 12.2 Å². The van der Waals surface area contributed by atoms with E-state index in [0.717, 1.165) is 5.56 Å². The van der Waals surface area contributed by atoms with Crippen LogP contribution in [0.1, 0.15) is 38.7 Å². The maximum absolute atomic E-state index is 15.8. The molecule has 3 saturated carbocycles. The van der Waals surface area contributed by atoms with Gasteiger partial charge in [-0.05, 0) is 66.5 Å². The molecule has 7 nitrogen and oxygen atoms in total. The Morgan fingerprint density at radius 3 is 2.72 bits per heavy atom. The van der Waals surface area contributed by atoms with E-state index in [0.29, 0.717) is 30.1 Å². The summed E-state index contributed by atoms with van der Waals surface area (Å²) in [4.78, 5) is 32.6. The number of hydrogen-bond donors (Lipinski definition) is 2. The van der Waals surface area contributed by atoms with Crippen LogP contribution < -0.4 is 0 Å². The van der Waals surface area contributed by atoms with E-state index in [9.17, 15) is 19.8 Å². The molecule has 0 radical (unpaired) electrons. The summed E-state index contributed by atoms with van der Waals surface area (Å²) in [7, 11) is 0. The molecule has 1 aliphatic heterocycles. The SMILES string of the molecule is CC12C=CC(=O)C=C1[C@@H](F)CC1C2C(O)CC2(C)C1C[C@H]1CN(Cc3ccc(Cl)cc3)O[C@]12C(=O)OCCO. The molecule has 0 bridgehead atoms. The molecule has 9 atom stereocenters. The van der Waals surface area contributed by atoms with Crippen LogP contribution in [0.25, 0.3) is 0 Å². The van der Waals surface area contributed by atoms with E-state index in [-0.39, 0.29) is 55.5 Å². The molecule has 4 fully saturated rings. The summed E-state index contributed by atoms with van der Waals surface area (Å²) < 4.78 is 21.3. The van der Waals surface area contributed by atoms with Crippen LogP contribution in [-0.2, 0) is 25.7 Å². The van der Waals surface area contributed by atoms with Crippen molar-refractivity contribution in [2.24, 2.45) is 34.5 Å². The highest BCUT2D eigenvalue weighted by atomic mass is 35.5. The summed E-state index contributed by atoms with van der Waals surface area (Å²) in [6.45, 7) is 4.35. The number of carbonyl (C=O) groups is 2. The monoisotopic (exact) mass is 559 g/mol. The molecular weight excluding hydrogens is 525 g/mol. The lowest BCUT2D eigenvalue weighted by atomic mass is 9.46. The van der Waals surface area contributed by atoms with Crippen molar-refractivity contribution in [1.82, 2.24) is 5.06 Å². The van der Waals surface area contributed by atoms with Crippen molar-refractivity contribution in [2.45, 2.75) is 57.5 Å². The van der Waals surface area contributed by atoms with Crippen molar-refractivity contribution in [3.8, 4) is 0 Å². The largest absolute Gasteiger partial charge is 0.461 e. The van der Waals surface area contributed by atoms with Gasteiger partial charge in [-0.1, -0.05) is 43.7 Å². The molecule has 4 aliphatic carbocycles. The number of allylic oxidation sites excluding steroid dienone is 4. The van der Waals surface area contributed by atoms with Gasteiger partial charge in [-0.3, -0.25) is 9.63 Å². The second-order valence-electron chi connectivity index (χ2n) is 12.4. The van der Waals surface area contributed by atoms with Crippen LogP contribution in [0, 0.1) is 34.5 Å². The third-order valence-electron chi connectivity index (χ3n) is 10.4. The highest BCUT2D eigenvalue weighted by Gasteiger charge is 2.76. The molecule has 1 saturated heterocycles. The molecule has 0 amide bonds. The number of hydrogen-bond acceptors (Lipinski definition) is 7. The summed E-state index contributed by atoms with van der Waals surface area (Å²) in [5, 5.41) is 23.6. The fraction of sp³-hybridized carbons (Fsp3) is 0.600. The minimum absolute atomic E-state index is 0.0992. The minimum atomic E-state index is -1.37. The molecule has 1 aromatic rings. The third-order valence-corrected chi connectivity index (χ3v) is 10.7. The first-order chi connectivity index (χ1) is 18.5. The fourth-order valence-electron chi connectivity index (χ4n) is 8.92. The number of hydroxylamine groups is 2. The third kappa shape index (κ3) is 3.90. The molecule has 5 aliphatic rings. The smallest absolute Gasteiger partial charge is 0.341 e. The van der Waals surface area contributed by atoms with Crippen LogP contribution >= 0.6 is 11.6 Å². The Kier molecular flexibility index (Phi) is 6.59. The first kappa shape index (κ1) is 27.1. The summed E-state index contributed by atoms with van der Waals surface area (Å²) in [5.41, 5.74) is -1.56. The standard InChI is InChI=1S/C30H35ClFNO6/c1-28-8-7-20(35)12-23(28)24(32)13-21-22-11-18-16-33(15-17-3-5-19(31)6-4-17)39-30(18,27(37)38-10-9-34)29(22,2)14-25(36)26(21)28/h3-8,12,18,21-22,24-26,34,36H,9-11,13-16H2,1-2H3/t18-,21?,22?,24-,25?,26?,28?,29?,30-/m0/s1. The molecule has 9 heteroatoms. The molecule has 2 N–H and O–H groups in total. The zero-order valence-electron chi connectivity index (χ0n) is 22.2. The summed E-state index contributed by atoms with van der Waals surface area (Å²) in [6, 6.07) is 7.43. The van der Waals surface area contributed by atoms with E-state index >= 15 is 4.39 Å². The van der Waals surface area contributed by atoms with Gasteiger partial charge in [0.2, 0.25) is 0 Å². The highest BCUT2D eigenvalue weighted by molar-refractivity contribution is 6.30. The number of rotatable bonds is 5. The number of benzene rings is 1. The predicted octanol–water partition coefficient (Wildman–Crippen LogP) is 3.81. The quantitative estimate of drug-likeness (QED) is 0.530. The van der Waals surface area contributed by atoms with Gasteiger partial charge in [0.05, 0.1) is 12.7 Å². The van der Waals surface area contributed by atoms with E-state index in [2.05, 4.69) is 0 Å². The van der Waals surface area contributed by atoms with E-state index in [1.807, 2.05) is 26.0 Å². The van der Waals surface area contributed by atoms with Crippen LogP contribution in [0.5, 0.6) is 0 Å². The van der Waals surface area contributed by atoms with Gasteiger partial charge in [0, 0.05) is 40.8 Å². The average molecular weight is 560 g/mol. The van der Waals surface area contributed by atoms with Crippen LogP contribution in [-0.4, -0.2) is 64.7 Å². The first-order valence-corrected chi connectivity index (χ1v) is 14.2. The Labute approximate surface area is 232 Å². The normalized spacial score (nSPS) is 42.8. The fourth-order valence-corrected chi connectivity index (χ4v) is 9.05. The van der Waals surface area contributed by atoms with Gasteiger partial charge in [-0.15, -0.1) is 0 Å². The zero-order valence-corrected chi connectivity index (χ0v) is 22.9. The van der Waals surface area contributed by atoms with Gasteiger partial charge in [-0.2, -0.15) is 5.06 Å². The Hall–Kier alpha value is -2.10. The number of ether oxygens (including phenoxy) is 1. The van der Waals surface area contributed by atoms with Crippen LogP contribution in [0.2, 0.25) is 5.02 Å². The van der Waals surface area contributed by atoms with Crippen LogP contribution in [0.15, 0.2) is 48.1 Å². The lowest BCUT2D eigenvalue weighted by Gasteiger charge is -2.60. The Bertz CT molecular complexity index is 1240. The number of ketones is 1. The van der Waals surface area contributed by atoms with Crippen molar-refractivity contribution in [3.05, 3.63) is 58.7 Å².